The second-order valence-corrected chi connectivity index (χ2v) is 6.04. The normalized spacial score (nSPS) is 12.6. The van der Waals surface area contributed by atoms with Crippen molar-refractivity contribution in [2.75, 3.05) is 5.75 Å². The van der Waals surface area contributed by atoms with Crippen LogP contribution in [0.4, 0.5) is 0 Å². The third kappa shape index (κ3) is 4.19. The molecule has 94 valence electrons. The van der Waals surface area contributed by atoms with Crippen LogP contribution < -0.4 is 0 Å². The predicted octanol–water partition coefficient (Wildman–Crippen LogP) is 2.79. The first-order chi connectivity index (χ1) is 8.45. The highest BCUT2D eigenvalue weighted by Crippen LogP contribution is 2.13. The minimum absolute atomic E-state index is 0.0579. The minimum atomic E-state index is -3.29. The Hall–Kier alpha value is -1.86. The molecule has 0 aliphatic rings. The molecule has 0 bridgehead atoms. The van der Waals surface area contributed by atoms with Crippen molar-refractivity contribution in [3.8, 4) is 6.07 Å². The Balaban J connectivity index is 2.87. The summed E-state index contributed by atoms with van der Waals surface area (Å²) in [6.07, 6.45) is 4.51. The standard InChI is InChI=1S/C14H15NO2S/c1-12(4-3-10-15)9-11-18(16,17)14-7-5-13(2)6-8-14/h3-9H,11H2,1-2H3/b4-3-,12-9+. The molecule has 1 aromatic rings. The monoisotopic (exact) mass is 261 g/mol. The SMILES string of the molecule is CC(/C=C\C#N)=C\CS(=O)(=O)c1ccc(C)cc1. The molecule has 0 amide bonds. The van der Waals surface area contributed by atoms with Crippen LogP contribution in [0.15, 0.2) is 53.0 Å². The fraction of sp³-hybridized carbons (Fsp3) is 0.214. The van der Waals surface area contributed by atoms with E-state index in [0.29, 0.717) is 4.90 Å². The third-order valence-corrected chi connectivity index (χ3v) is 4.02. The van der Waals surface area contributed by atoms with Crippen molar-refractivity contribution in [3.05, 3.63) is 53.6 Å². The number of sulfone groups is 1. The van der Waals surface area contributed by atoms with Gasteiger partial charge in [0.25, 0.3) is 0 Å². The molecule has 18 heavy (non-hydrogen) atoms. The van der Waals surface area contributed by atoms with Gasteiger partial charge in [0.2, 0.25) is 0 Å². The van der Waals surface area contributed by atoms with E-state index in [1.165, 1.54) is 6.08 Å². The molecule has 0 spiro atoms. The van der Waals surface area contributed by atoms with Crippen LogP contribution in [0.1, 0.15) is 12.5 Å². The summed E-state index contributed by atoms with van der Waals surface area (Å²) in [5.74, 6) is -0.0579. The van der Waals surface area contributed by atoms with Gasteiger partial charge in [-0.1, -0.05) is 29.3 Å². The highest BCUT2D eigenvalue weighted by Gasteiger charge is 2.11. The number of aryl methyl sites for hydroxylation is 1. The second-order valence-electron chi connectivity index (χ2n) is 4.01. The van der Waals surface area contributed by atoms with Crippen molar-refractivity contribution in [2.24, 2.45) is 0 Å². The summed E-state index contributed by atoms with van der Waals surface area (Å²) >= 11 is 0. The lowest BCUT2D eigenvalue weighted by atomic mass is 10.2. The van der Waals surface area contributed by atoms with Gasteiger partial charge in [-0.2, -0.15) is 5.26 Å². The molecule has 0 aliphatic heterocycles. The molecular weight excluding hydrogens is 246 g/mol. The molecule has 4 heteroatoms. The lowest BCUT2D eigenvalue weighted by molar-refractivity contribution is 0.599. The van der Waals surface area contributed by atoms with Crippen LogP contribution in [-0.4, -0.2) is 14.2 Å². The molecule has 0 aromatic heterocycles. The summed E-state index contributed by atoms with van der Waals surface area (Å²) in [7, 11) is -3.29. The van der Waals surface area contributed by atoms with Gasteiger partial charge in [0.15, 0.2) is 9.84 Å². The second kappa shape index (κ2) is 6.18. The van der Waals surface area contributed by atoms with Crippen molar-refractivity contribution in [1.82, 2.24) is 0 Å². The summed E-state index contributed by atoms with van der Waals surface area (Å²) in [6.45, 7) is 3.67. The number of hydrogen-bond donors (Lipinski definition) is 0. The molecule has 0 atom stereocenters. The van der Waals surface area contributed by atoms with E-state index in [1.807, 2.05) is 13.0 Å². The molecule has 0 fully saturated rings. The first kappa shape index (κ1) is 14.2. The van der Waals surface area contributed by atoms with Crippen molar-refractivity contribution in [3.63, 3.8) is 0 Å². The smallest absolute Gasteiger partial charge is 0.181 e. The Bertz CT molecular complexity index is 602. The van der Waals surface area contributed by atoms with Crippen molar-refractivity contribution < 1.29 is 8.42 Å². The van der Waals surface area contributed by atoms with Crippen LogP contribution in [0, 0.1) is 18.3 Å². The summed E-state index contributed by atoms with van der Waals surface area (Å²) in [5.41, 5.74) is 1.78. The molecule has 0 radical (unpaired) electrons. The average Bonchev–Trinajstić information content (AvgIpc) is 2.34. The van der Waals surface area contributed by atoms with Gasteiger partial charge >= 0.3 is 0 Å². The van der Waals surface area contributed by atoms with Crippen LogP contribution in [-0.2, 0) is 9.84 Å². The Kier molecular flexibility index (Phi) is 4.87. The van der Waals surface area contributed by atoms with E-state index < -0.39 is 9.84 Å². The maximum Gasteiger partial charge on any atom is 0.181 e. The Labute approximate surface area is 108 Å². The van der Waals surface area contributed by atoms with Crippen molar-refractivity contribution in [1.29, 1.82) is 5.26 Å². The van der Waals surface area contributed by atoms with Gasteiger partial charge in [-0.25, -0.2) is 8.42 Å². The Morgan fingerprint density at radius 2 is 1.94 bits per heavy atom. The molecule has 0 saturated carbocycles. The summed E-state index contributed by atoms with van der Waals surface area (Å²) in [4.78, 5) is 0.321. The van der Waals surface area contributed by atoms with Crippen LogP contribution >= 0.6 is 0 Å². The molecule has 0 N–H and O–H groups in total. The topological polar surface area (TPSA) is 57.9 Å². The molecule has 1 aromatic carbocycles. The maximum absolute atomic E-state index is 12.0. The summed E-state index contributed by atoms with van der Waals surface area (Å²) in [5, 5.41) is 8.36. The van der Waals surface area contributed by atoms with E-state index in [0.717, 1.165) is 11.1 Å². The highest BCUT2D eigenvalue weighted by atomic mass is 32.2. The minimum Gasteiger partial charge on any atom is -0.223 e. The fourth-order valence-corrected chi connectivity index (χ4v) is 2.55. The van der Waals surface area contributed by atoms with Crippen molar-refractivity contribution in [2.45, 2.75) is 18.7 Å². The molecule has 0 heterocycles. The molecule has 1 rings (SSSR count). The summed E-state index contributed by atoms with van der Waals surface area (Å²) < 4.78 is 24.0. The van der Waals surface area contributed by atoms with Gasteiger partial charge < -0.3 is 0 Å². The molecule has 0 saturated heterocycles. The first-order valence-corrected chi connectivity index (χ1v) is 7.13. The zero-order valence-electron chi connectivity index (χ0n) is 10.4. The average molecular weight is 261 g/mol. The Morgan fingerprint density at radius 1 is 1.33 bits per heavy atom. The van der Waals surface area contributed by atoms with E-state index in [9.17, 15) is 8.42 Å². The molecular formula is C14H15NO2S. The van der Waals surface area contributed by atoms with Gasteiger partial charge in [0.05, 0.1) is 16.7 Å². The van der Waals surface area contributed by atoms with Gasteiger partial charge in [0.1, 0.15) is 0 Å². The van der Waals surface area contributed by atoms with Crippen LogP contribution in [0.25, 0.3) is 0 Å². The molecule has 0 aliphatic carbocycles. The predicted molar refractivity (Wildman–Crippen MR) is 71.7 cm³/mol. The lowest BCUT2D eigenvalue weighted by Gasteiger charge is -2.02. The van der Waals surface area contributed by atoms with Gasteiger partial charge in [-0.3, -0.25) is 0 Å². The van der Waals surface area contributed by atoms with Crippen molar-refractivity contribution >= 4 is 9.84 Å². The quantitative estimate of drug-likeness (QED) is 0.618. The van der Waals surface area contributed by atoms with Crippen LogP contribution in [0.5, 0.6) is 0 Å². The largest absolute Gasteiger partial charge is 0.223 e. The summed E-state index contributed by atoms with van der Waals surface area (Å²) in [6, 6.07) is 8.64. The van der Waals surface area contributed by atoms with Crippen LogP contribution in [0.2, 0.25) is 0 Å². The number of hydrogen-bond acceptors (Lipinski definition) is 3. The van der Waals surface area contributed by atoms with E-state index in [-0.39, 0.29) is 5.75 Å². The highest BCUT2D eigenvalue weighted by molar-refractivity contribution is 7.91. The zero-order chi connectivity index (χ0) is 13.6. The third-order valence-electron chi connectivity index (χ3n) is 2.43. The molecule has 3 nitrogen and oxygen atoms in total. The maximum atomic E-state index is 12.0. The number of benzene rings is 1. The first-order valence-electron chi connectivity index (χ1n) is 5.48. The number of nitrogens with zero attached hydrogens (tertiary/aromatic N) is 1. The number of nitriles is 1. The van der Waals surface area contributed by atoms with Gasteiger partial charge in [-0.15, -0.1) is 0 Å². The van der Waals surface area contributed by atoms with E-state index in [1.54, 1.807) is 43.3 Å². The number of allylic oxidation sites excluding steroid dienone is 3. The van der Waals surface area contributed by atoms with Gasteiger partial charge in [0, 0.05) is 6.08 Å². The van der Waals surface area contributed by atoms with Gasteiger partial charge in [-0.05, 0) is 32.1 Å². The van der Waals surface area contributed by atoms with Crippen LogP contribution in [0.3, 0.4) is 0 Å². The zero-order valence-corrected chi connectivity index (χ0v) is 11.2. The van der Waals surface area contributed by atoms with E-state index in [4.69, 9.17) is 5.26 Å². The Morgan fingerprint density at radius 3 is 2.50 bits per heavy atom. The number of rotatable bonds is 4. The van der Waals surface area contributed by atoms with E-state index in [2.05, 4.69) is 0 Å². The lowest BCUT2D eigenvalue weighted by Crippen LogP contribution is -2.04. The fourth-order valence-electron chi connectivity index (χ4n) is 1.32. The van der Waals surface area contributed by atoms with E-state index >= 15 is 0 Å². The molecule has 0 unspecified atom stereocenters.